The van der Waals surface area contributed by atoms with Gasteiger partial charge in [0.05, 0.1) is 18.2 Å². The van der Waals surface area contributed by atoms with Crippen molar-refractivity contribution < 1.29 is 4.74 Å². The maximum Gasteiger partial charge on any atom is 0.213 e. The van der Waals surface area contributed by atoms with Crippen molar-refractivity contribution in [1.29, 1.82) is 0 Å². The number of aryl methyl sites for hydroxylation is 1. The Morgan fingerprint density at radius 2 is 2.27 bits per heavy atom. The molecular weight excluding hydrogens is 350 g/mol. The van der Waals surface area contributed by atoms with E-state index < -0.39 is 0 Å². The summed E-state index contributed by atoms with van der Waals surface area (Å²) in [6.45, 7) is 2.15. The van der Waals surface area contributed by atoms with E-state index in [0.29, 0.717) is 12.4 Å². The molecule has 0 saturated heterocycles. The monoisotopic (exact) mass is 375 g/mol. The number of hydrogen-bond acceptors (Lipinski definition) is 3. The number of aromatic nitrogens is 2. The molecule has 140 valence electrons. The van der Waals surface area contributed by atoms with Crippen molar-refractivity contribution >= 4 is 17.6 Å². The number of rotatable bonds is 7. The summed E-state index contributed by atoms with van der Waals surface area (Å²) in [5.74, 6) is 2.23. The minimum absolute atomic E-state index is 0.660. The Bertz CT molecular complexity index is 769. The Kier molecular flexibility index (Phi) is 6.04. The molecule has 2 heterocycles. The highest BCUT2D eigenvalue weighted by Crippen LogP contribution is 2.29. The summed E-state index contributed by atoms with van der Waals surface area (Å²) < 4.78 is 7.78. The predicted octanol–water partition coefficient (Wildman–Crippen LogP) is 3.07. The largest absolute Gasteiger partial charge is 0.477 e. The van der Waals surface area contributed by atoms with E-state index >= 15 is 0 Å². The smallest absolute Gasteiger partial charge is 0.213 e. The average molecular weight is 376 g/mol. The van der Waals surface area contributed by atoms with Crippen LogP contribution in [-0.2, 0) is 20.1 Å². The summed E-state index contributed by atoms with van der Waals surface area (Å²) >= 11 is 6.06. The Labute approximate surface area is 159 Å². The quantitative estimate of drug-likeness (QED) is 0.597. The van der Waals surface area contributed by atoms with E-state index in [0.717, 1.165) is 41.3 Å². The second-order valence-electron chi connectivity index (χ2n) is 6.77. The van der Waals surface area contributed by atoms with Crippen LogP contribution in [0, 0.1) is 5.92 Å². The van der Waals surface area contributed by atoms with Gasteiger partial charge in [-0.2, -0.15) is 0 Å². The van der Waals surface area contributed by atoms with Gasteiger partial charge in [-0.05, 0) is 36.5 Å². The molecule has 7 heteroatoms. The molecule has 1 saturated carbocycles. The zero-order valence-electron chi connectivity index (χ0n) is 15.6. The molecule has 1 fully saturated rings. The van der Waals surface area contributed by atoms with Gasteiger partial charge < -0.3 is 19.5 Å². The molecule has 3 rings (SSSR count). The van der Waals surface area contributed by atoms with Crippen LogP contribution in [0.1, 0.15) is 24.1 Å². The van der Waals surface area contributed by atoms with Gasteiger partial charge in [0.2, 0.25) is 5.88 Å². The first-order valence-corrected chi connectivity index (χ1v) is 9.23. The molecular formula is C19H26ClN5O. The lowest BCUT2D eigenvalue weighted by molar-refractivity contribution is 0.288. The number of halogens is 1. The zero-order chi connectivity index (χ0) is 18.5. The van der Waals surface area contributed by atoms with Crippen LogP contribution in [0.2, 0.25) is 5.02 Å². The maximum atomic E-state index is 6.06. The highest BCUT2D eigenvalue weighted by molar-refractivity contribution is 6.30. The third-order valence-corrected chi connectivity index (χ3v) is 4.67. The number of ether oxygens (including phenoxy) is 1. The van der Waals surface area contributed by atoms with Crippen molar-refractivity contribution in [2.24, 2.45) is 18.0 Å². The van der Waals surface area contributed by atoms with Crippen molar-refractivity contribution in [1.82, 2.24) is 19.8 Å². The molecule has 0 bridgehead atoms. The van der Waals surface area contributed by atoms with Crippen LogP contribution >= 0.6 is 11.6 Å². The number of nitrogens with one attached hydrogen (secondary N) is 1. The van der Waals surface area contributed by atoms with Crippen LogP contribution in [0.5, 0.6) is 5.88 Å². The molecule has 1 aliphatic carbocycles. The van der Waals surface area contributed by atoms with E-state index in [9.17, 15) is 0 Å². The Balaban J connectivity index is 1.54. The van der Waals surface area contributed by atoms with Gasteiger partial charge in [0, 0.05) is 51.8 Å². The average Bonchev–Trinajstić information content (AvgIpc) is 3.39. The predicted molar refractivity (Wildman–Crippen MR) is 105 cm³/mol. The topological polar surface area (TPSA) is 54.7 Å². The minimum atomic E-state index is 0.660. The standard InChI is InChI=1S/C19H26ClN5O/c1-21-19(25(3)12-17-9-16(20)11-24(17)2)23-10-15-6-7-22-18(8-15)26-13-14-4-5-14/h6-9,11,14H,4-5,10,12-13H2,1-3H3,(H,21,23). The van der Waals surface area contributed by atoms with E-state index in [2.05, 4.69) is 20.2 Å². The summed E-state index contributed by atoms with van der Waals surface area (Å²) in [6, 6.07) is 5.94. The molecule has 0 aliphatic heterocycles. The maximum absolute atomic E-state index is 6.06. The minimum Gasteiger partial charge on any atom is -0.477 e. The fraction of sp³-hybridized carbons (Fsp3) is 0.474. The molecule has 0 amide bonds. The lowest BCUT2D eigenvalue weighted by Crippen LogP contribution is -2.38. The van der Waals surface area contributed by atoms with E-state index in [1.165, 1.54) is 12.8 Å². The Hall–Kier alpha value is -2.21. The highest BCUT2D eigenvalue weighted by Gasteiger charge is 2.22. The zero-order valence-corrected chi connectivity index (χ0v) is 16.3. The van der Waals surface area contributed by atoms with Crippen molar-refractivity contribution in [2.45, 2.75) is 25.9 Å². The van der Waals surface area contributed by atoms with Gasteiger partial charge in [-0.3, -0.25) is 4.99 Å². The molecule has 2 aromatic heterocycles. The van der Waals surface area contributed by atoms with Gasteiger partial charge in [0.1, 0.15) is 0 Å². The molecule has 0 aromatic carbocycles. The Morgan fingerprint density at radius 1 is 1.46 bits per heavy atom. The summed E-state index contributed by atoms with van der Waals surface area (Å²) in [7, 11) is 5.78. The van der Waals surface area contributed by atoms with Crippen LogP contribution in [-0.4, -0.2) is 41.1 Å². The van der Waals surface area contributed by atoms with Crippen LogP contribution in [0.3, 0.4) is 0 Å². The highest BCUT2D eigenvalue weighted by atomic mass is 35.5. The van der Waals surface area contributed by atoms with Gasteiger partial charge in [-0.1, -0.05) is 11.6 Å². The fourth-order valence-corrected chi connectivity index (χ4v) is 3.01. The van der Waals surface area contributed by atoms with Gasteiger partial charge in [-0.25, -0.2) is 4.98 Å². The van der Waals surface area contributed by atoms with E-state index in [1.807, 2.05) is 43.1 Å². The first-order valence-electron chi connectivity index (χ1n) is 8.85. The van der Waals surface area contributed by atoms with Crippen molar-refractivity contribution in [2.75, 3.05) is 20.7 Å². The molecule has 26 heavy (non-hydrogen) atoms. The molecule has 0 spiro atoms. The number of pyridine rings is 1. The summed E-state index contributed by atoms with van der Waals surface area (Å²) in [5, 5.41) is 4.13. The third-order valence-electron chi connectivity index (χ3n) is 4.46. The SMILES string of the molecule is CN=C(NCc1ccnc(OCC2CC2)c1)N(C)Cc1cc(Cl)cn1C. The van der Waals surface area contributed by atoms with Gasteiger partial charge in [-0.15, -0.1) is 0 Å². The molecule has 2 aromatic rings. The van der Waals surface area contributed by atoms with Crippen LogP contribution in [0.4, 0.5) is 0 Å². The number of nitrogens with zero attached hydrogens (tertiary/aromatic N) is 4. The van der Waals surface area contributed by atoms with Crippen LogP contribution in [0.25, 0.3) is 0 Å². The van der Waals surface area contributed by atoms with Crippen LogP contribution < -0.4 is 10.1 Å². The summed E-state index contributed by atoms with van der Waals surface area (Å²) in [6.07, 6.45) is 6.24. The molecule has 0 unspecified atom stereocenters. The second kappa shape index (κ2) is 8.45. The lowest BCUT2D eigenvalue weighted by atomic mass is 10.2. The second-order valence-corrected chi connectivity index (χ2v) is 7.21. The summed E-state index contributed by atoms with van der Waals surface area (Å²) in [5.41, 5.74) is 2.24. The molecule has 0 radical (unpaired) electrons. The first kappa shape index (κ1) is 18.6. The number of guanidine groups is 1. The first-order chi connectivity index (χ1) is 12.5. The molecule has 1 N–H and O–H groups in total. The van der Waals surface area contributed by atoms with Gasteiger partial charge in [0.25, 0.3) is 0 Å². The van der Waals surface area contributed by atoms with Crippen LogP contribution in [0.15, 0.2) is 35.6 Å². The molecule has 0 atom stereocenters. The Morgan fingerprint density at radius 3 is 2.92 bits per heavy atom. The van der Waals surface area contributed by atoms with E-state index in [1.54, 1.807) is 13.2 Å². The third kappa shape index (κ3) is 5.14. The van der Waals surface area contributed by atoms with Crippen molar-refractivity contribution in [3.05, 3.63) is 46.9 Å². The number of hydrogen-bond donors (Lipinski definition) is 1. The normalized spacial score (nSPS) is 14.4. The molecule has 1 aliphatic rings. The van der Waals surface area contributed by atoms with E-state index in [-0.39, 0.29) is 0 Å². The lowest BCUT2D eigenvalue weighted by Gasteiger charge is -2.22. The van der Waals surface area contributed by atoms with Crippen molar-refractivity contribution in [3.63, 3.8) is 0 Å². The van der Waals surface area contributed by atoms with Gasteiger partial charge in [0.15, 0.2) is 5.96 Å². The van der Waals surface area contributed by atoms with Crippen molar-refractivity contribution in [3.8, 4) is 5.88 Å². The summed E-state index contributed by atoms with van der Waals surface area (Å²) in [4.78, 5) is 10.7. The number of aliphatic imine (C=N–C) groups is 1. The molecule has 6 nitrogen and oxygen atoms in total. The van der Waals surface area contributed by atoms with Gasteiger partial charge >= 0.3 is 0 Å². The fourth-order valence-electron chi connectivity index (χ4n) is 2.73. The van der Waals surface area contributed by atoms with E-state index in [4.69, 9.17) is 16.3 Å².